The molecule has 0 saturated carbocycles. The van der Waals surface area contributed by atoms with Crippen molar-refractivity contribution in [3.63, 3.8) is 0 Å². The summed E-state index contributed by atoms with van der Waals surface area (Å²) in [6.07, 6.45) is 5.20. The number of rotatable bonds is 15. The highest BCUT2D eigenvalue weighted by atomic mass is 16.5. The molecule has 2 aromatic rings. The van der Waals surface area contributed by atoms with Crippen LogP contribution in [0.5, 0.6) is 23.0 Å². The fourth-order valence-electron chi connectivity index (χ4n) is 4.12. The van der Waals surface area contributed by atoms with Crippen LogP contribution in [0.15, 0.2) is 36.4 Å². The third-order valence-corrected chi connectivity index (χ3v) is 6.12. The molecule has 7 nitrogen and oxygen atoms in total. The summed E-state index contributed by atoms with van der Waals surface area (Å²) in [7, 11) is 4.66. The molecule has 0 aliphatic heterocycles. The zero-order chi connectivity index (χ0) is 24.9. The predicted octanol–water partition coefficient (Wildman–Crippen LogP) is 4.12. The van der Waals surface area contributed by atoms with Crippen molar-refractivity contribution in [2.75, 3.05) is 34.5 Å². The van der Waals surface area contributed by atoms with E-state index in [1.807, 2.05) is 18.2 Å². The Kier molecular flexibility index (Phi) is 11.5. The minimum Gasteiger partial charge on any atom is -0.504 e. The highest BCUT2D eigenvalue weighted by Gasteiger charge is 2.29. The van der Waals surface area contributed by atoms with Gasteiger partial charge in [-0.25, -0.2) is 0 Å². The molecule has 0 unspecified atom stereocenters. The predicted molar refractivity (Wildman–Crippen MR) is 133 cm³/mol. The van der Waals surface area contributed by atoms with E-state index in [-0.39, 0.29) is 24.2 Å². The van der Waals surface area contributed by atoms with Crippen molar-refractivity contribution < 1.29 is 29.2 Å². The van der Waals surface area contributed by atoms with Crippen molar-refractivity contribution in [3.05, 3.63) is 47.5 Å². The van der Waals surface area contributed by atoms with E-state index in [2.05, 4.69) is 12.2 Å². The summed E-state index contributed by atoms with van der Waals surface area (Å²) in [5.41, 5.74) is 1.80. The molecule has 0 saturated heterocycles. The fourth-order valence-corrected chi connectivity index (χ4v) is 4.12. The molecule has 3 N–H and O–H groups in total. The van der Waals surface area contributed by atoms with E-state index in [0.29, 0.717) is 36.6 Å². The number of aromatic hydroxyl groups is 1. The van der Waals surface area contributed by atoms with Gasteiger partial charge >= 0.3 is 0 Å². The molecule has 188 valence electrons. The molecule has 0 bridgehead atoms. The van der Waals surface area contributed by atoms with E-state index in [1.165, 1.54) is 7.11 Å². The Labute approximate surface area is 203 Å². The maximum Gasteiger partial charge on any atom is 0.223 e. The number of unbranched alkanes of at least 4 members (excludes halogenated alkanes) is 3. The highest BCUT2D eigenvalue weighted by Crippen LogP contribution is 2.32. The van der Waals surface area contributed by atoms with Gasteiger partial charge in [-0.15, -0.1) is 0 Å². The number of methoxy groups -OCH3 is 3. The van der Waals surface area contributed by atoms with Gasteiger partial charge < -0.3 is 29.7 Å². The van der Waals surface area contributed by atoms with Gasteiger partial charge in [0.2, 0.25) is 5.91 Å². The molecule has 0 aromatic heterocycles. The lowest BCUT2D eigenvalue weighted by molar-refractivity contribution is -0.127. The van der Waals surface area contributed by atoms with E-state index in [1.54, 1.807) is 32.4 Å². The lowest BCUT2D eigenvalue weighted by Gasteiger charge is -2.26. The number of nitrogens with one attached hydrogen (secondary N) is 1. The van der Waals surface area contributed by atoms with Gasteiger partial charge in [0.15, 0.2) is 23.0 Å². The Hall–Kier alpha value is -2.93. The van der Waals surface area contributed by atoms with Crippen molar-refractivity contribution in [3.8, 4) is 23.0 Å². The molecular weight excluding hydrogens is 434 g/mol. The second kappa shape index (κ2) is 14.4. The fraction of sp³-hybridized carbons (Fsp3) is 0.519. The summed E-state index contributed by atoms with van der Waals surface area (Å²) in [6.45, 7) is 2.63. The molecule has 0 aliphatic carbocycles. The summed E-state index contributed by atoms with van der Waals surface area (Å²) in [5.74, 6) is 0.792. The highest BCUT2D eigenvalue weighted by molar-refractivity contribution is 5.79. The van der Waals surface area contributed by atoms with Crippen LogP contribution in [0.3, 0.4) is 0 Å². The van der Waals surface area contributed by atoms with Crippen LogP contribution >= 0.6 is 0 Å². The Morgan fingerprint density at radius 1 is 0.882 bits per heavy atom. The van der Waals surface area contributed by atoms with E-state index in [9.17, 15) is 15.0 Å². The minimum absolute atomic E-state index is 0.0483. The number of hydrogen-bond acceptors (Lipinski definition) is 6. The molecule has 7 heteroatoms. The number of ether oxygens (including phenoxy) is 3. The first-order chi connectivity index (χ1) is 16.5. The zero-order valence-electron chi connectivity index (χ0n) is 20.8. The molecule has 0 aliphatic rings. The van der Waals surface area contributed by atoms with Crippen LogP contribution in [0.2, 0.25) is 0 Å². The van der Waals surface area contributed by atoms with Crippen molar-refractivity contribution >= 4 is 5.91 Å². The standard InChI is InChI=1S/C27H39NO6/c1-5-6-7-8-13-28-27(31)22(15-20-9-11-23(30)25(16-20)33-3)21(18-29)14-19-10-12-24(32-2)26(17-19)34-4/h9-12,16-17,21-22,29-30H,5-8,13-15,18H2,1-4H3,(H,28,31)/t21-,22+/m0/s1. The maximum atomic E-state index is 13.3. The SMILES string of the molecule is CCCCCCNC(=O)[C@H](Cc1ccc(O)c(OC)c1)[C@H](CO)Cc1ccc(OC)c(OC)c1. The summed E-state index contributed by atoms with van der Waals surface area (Å²) in [6, 6.07) is 10.7. The van der Waals surface area contributed by atoms with Gasteiger partial charge in [-0.2, -0.15) is 0 Å². The zero-order valence-corrected chi connectivity index (χ0v) is 20.8. The summed E-state index contributed by atoms with van der Waals surface area (Å²) in [4.78, 5) is 13.3. The molecule has 0 spiro atoms. The number of hydrogen-bond donors (Lipinski definition) is 3. The van der Waals surface area contributed by atoms with Gasteiger partial charge in [0.25, 0.3) is 0 Å². The number of amides is 1. The molecule has 2 rings (SSSR count). The van der Waals surface area contributed by atoms with Gasteiger partial charge in [0.05, 0.1) is 21.3 Å². The molecule has 0 heterocycles. The van der Waals surface area contributed by atoms with E-state index < -0.39 is 5.92 Å². The van der Waals surface area contributed by atoms with Crippen molar-refractivity contribution in [2.45, 2.75) is 45.4 Å². The lowest BCUT2D eigenvalue weighted by Crippen LogP contribution is -2.39. The molecule has 0 fully saturated rings. The average Bonchev–Trinajstić information content (AvgIpc) is 2.86. The van der Waals surface area contributed by atoms with Gasteiger partial charge in [0.1, 0.15) is 0 Å². The summed E-state index contributed by atoms with van der Waals surface area (Å²) >= 11 is 0. The summed E-state index contributed by atoms with van der Waals surface area (Å²) in [5, 5.41) is 23.3. The van der Waals surface area contributed by atoms with E-state index >= 15 is 0 Å². The van der Waals surface area contributed by atoms with E-state index in [4.69, 9.17) is 14.2 Å². The van der Waals surface area contributed by atoms with Crippen molar-refractivity contribution in [1.82, 2.24) is 5.32 Å². The van der Waals surface area contributed by atoms with Crippen LogP contribution in [0, 0.1) is 11.8 Å². The summed E-state index contributed by atoms with van der Waals surface area (Å²) < 4.78 is 16.0. The minimum atomic E-state index is -0.460. The van der Waals surface area contributed by atoms with Crippen LogP contribution in [0.4, 0.5) is 0 Å². The van der Waals surface area contributed by atoms with E-state index in [0.717, 1.165) is 36.8 Å². The Bertz CT molecular complexity index is 901. The molecule has 0 radical (unpaired) electrons. The smallest absolute Gasteiger partial charge is 0.223 e. The maximum absolute atomic E-state index is 13.3. The normalized spacial score (nSPS) is 12.6. The topological polar surface area (TPSA) is 97.3 Å². The lowest BCUT2D eigenvalue weighted by atomic mass is 9.82. The monoisotopic (exact) mass is 473 g/mol. The van der Waals surface area contributed by atoms with Gasteiger partial charge in [-0.05, 0) is 60.6 Å². The first-order valence-electron chi connectivity index (χ1n) is 11.9. The first-order valence-corrected chi connectivity index (χ1v) is 11.9. The van der Waals surface area contributed by atoms with Crippen LogP contribution in [0.1, 0.15) is 43.7 Å². The number of phenols is 1. The number of benzene rings is 2. The third kappa shape index (κ3) is 7.83. The largest absolute Gasteiger partial charge is 0.504 e. The Morgan fingerprint density at radius 2 is 1.53 bits per heavy atom. The number of carbonyl (C=O) groups is 1. The van der Waals surface area contributed by atoms with Gasteiger partial charge in [-0.3, -0.25) is 4.79 Å². The second-order valence-corrected chi connectivity index (χ2v) is 8.50. The quantitative estimate of drug-likeness (QED) is 0.337. The average molecular weight is 474 g/mol. The Morgan fingerprint density at radius 3 is 2.18 bits per heavy atom. The molecular formula is C27H39NO6. The second-order valence-electron chi connectivity index (χ2n) is 8.50. The third-order valence-electron chi connectivity index (χ3n) is 6.12. The number of aliphatic hydroxyl groups is 1. The molecule has 2 aromatic carbocycles. The van der Waals surface area contributed by atoms with Gasteiger partial charge in [0, 0.05) is 19.1 Å². The number of aliphatic hydroxyl groups excluding tert-OH is 1. The van der Waals surface area contributed by atoms with Crippen molar-refractivity contribution in [2.24, 2.45) is 11.8 Å². The van der Waals surface area contributed by atoms with Crippen molar-refractivity contribution in [1.29, 1.82) is 0 Å². The van der Waals surface area contributed by atoms with Crippen LogP contribution in [-0.4, -0.2) is 50.6 Å². The van der Waals surface area contributed by atoms with Crippen LogP contribution < -0.4 is 19.5 Å². The number of carbonyl (C=O) groups excluding carboxylic acids is 1. The molecule has 34 heavy (non-hydrogen) atoms. The van der Waals surface area contributed by atoms with Gasteiger partial charge in [-0.1, -0.05) is 38.3 Å². The molecule has 1 amide bonds. The number of phenolic OH excluding ortho intramolecular Hbond substituents is 1. The Balaban J connectivity index is 2.25. The molecule has 2 atom stereocenters. The van der Waals surface area contributed by atoms with Crippen LogP contribution in [-0.2, 0) is 17.6 Å². The van der Waals surface area contributed by atoms with Crippen LogP contribution in [0.25, 0.3) is 0 Å². The first kappa shape index (κ1) is 27.3.